The molecule has 0 fully saturated rings. The Morgan fingerprint density at radius 2 is 1.73 bits per heavy atom. The summed E-state index contributed by atoms with van der Waals surface area (Å²) in [6.45, 7) is 1.57. The molecule has 2 aromatic rings. The summed E-state index contributed by atoms with van der Waals surface area (Å²) in [5.41, 5.74) is 1.85. The minimum atomic E-state index is -3.86. The molecule has 0 aromatic heterocycles. The van der Waals surface area contributed by atoms with Gasteiger partial charge in [-0.1, -0.05) is 45.8 Å². The van der Waals surface area contributed by atoms with E-state index in [-0.39, 0.29) is 31.1 Å². The number of carbonyl (C=O) groups is 1. The van der Waals surface area contributed by atoms with E-state index in [4.69, 9.17) is 5.11 Å². The van der Waals surface area contributed by atoms with Crippen LogP contribution in [0.1, 0.15) is 11.1 Å². The lowest BCUT2D eigenvalue weighted by molar-refractivity contribution is -0.121. The maximum atomic E-state index is 13.0. The fraction of sp³-hybridized carbons (Fsp3) is 0.278. The highest BCUT2D eigenvalue weighted by atomic mass is 79.9. The summed E-state index contributed by atoms with van der Waals surface area (Å²) in [4.78, 5) is 12.2. The van der Waals surface area contributed by atoms with Crippen LogP contribution in [-0.4, -0.2) is 43.4 Å². The molecule has 2 aromatic carbocycles. The predicted octanol–water partition coefficient (Wildman–Crippen LogP) is 2.06. The van der Waals surface area contributed by atoms with Crippen LogP contribution in [-0.2, 0) is 21.4 Å². The molecule has 0 bridgehead atoms. The lowest BCUT2D eigenvalue weighted by atomic mass is 10.1. The molecule has 1 amide bonds. The SMILES string of the molecule is Cc1ccc(CN(CC(=O)NCCO)S(=O)(=O)c2ccc(Br)cc2)cc1. The molecule has 0 aliphatic heterocycles. The van der Waals surface area contributed by atoms with Crippen molar-refractivity contribution in [3.8, 4) is 0 Å². The largest absolute Gasteiger partial charge is 0.395 e. The van der Waals surface area contributed by atoms with Gasteiger partial charge in [-0.25, -0.2) is 8.42 Å². The third kappa shape index (κ3) is 5.63. The van der Waals surface area contributed by atoms with E-state index in [0.717, 1.165) is 19.9 Å². The van der Waals surface area contributed by atoms with E-state index in [9.17, 15) is 13.2 Å². The summed E-state index contributed by atoms with van der Waals surface area (Å²) in [5.74, 6) is -0.466. The van der Waals surface area contributed by atoms with Gasteiger partial charge in [0.2, 0.25) is 15.9 Å². The van der Waals surface area contributed by atoms with E-state index in [1.807, 2.05) is 31.2 Å². The number of hydrogen-bond acceptors (Lipinski definition) is 4. The Kier molecular flexibility index (Phi) is 7.33. The Balaban J connectivity index is 2.30. The molecule has 8 heteroatoms. The Labute approximate surface area is 162 Å². The second-order valence-electron chi connectivity index (χ2n) is 5.79. The summed E-state index contributed by atoms with van der Waals surface area (Å²) in [5, 5.41) is 11.3. The summed E-state index contributed by atoms with van der Waals surface area (Å²) >= 11 is 3.28. The number of aryl methyl sites for hydroxylation is 1. The molecule has 140 valence electrons. The summed E-state index contributed by atoms with van der Waals surface area (Å²) < 4.78 is 27.9. The van der Waals surface area contributed by atoms with Crippen LogP contribution >= 0.6 is 15.9 Å². The lowest BCUT2D eigenvalue weighted by Crippen LogP contribution is -2.41. The number of nitrogens with one attached hydrogen (secondary N) is 1. The van der Waals surface area contributed by atoms with Crippen molar-refractivity contribution in [1.29, 1.82) is 0 Å². The standard InChI is InChI=1S/C18H21BrN2O4S/c1-14-2-4-15(5-3-14)12-21(13-18(23)20-10-11-22)26(24,25)17-8-6-16(19)7-9-17/h2-9,22H,10-13H2,1H3,(H,20,23). The quantitative estimate of drug-likeness (QED) is 0.657. The number of hydrogen-bond donors (Lipinski definition) is 2. The van der Waals surface area contributed by atoms with Gasteiger partial charge in [0.25, 0.3) is 0 Å². The number of nitrogens with zero attached hydrogens (tertiary/aromatic N) is 1. The maximum Gasteiger partial charge on any atom is 0.243 e. The van der Waals surface area contributed by atoms with Gasteiger partial charge in [-0.15, -0.1) is 0 Å². The van der Waals surface area contributed by atoms with Crippen molar-refractivity contribution in [1.82, 2.24) is 9.62 Å². The molecule has 0 saturated carbocycles. The van der Waals surface area contributed by atoms with Crippen LogP contribution in [0.4, 0.5) is 0 Å². The number of amides is 1. The average Bonchev–Trinajstić information content (AvgIpc) is 2.61. The average molecular weight is 441 g/mol. The monoisotopic (exact) mass is 440 g/mol. The van der Waals surface area contributed by atoms with Gasteiger partial charge in [0.05, 0.1) is 18.0 Å². The van der Waals surface area contributed by atoms with Crippen molar-refractivity contribution >= 4 is 31.9 Å². The molecule has 0 aliphatic rings. The van der Waals surface area contributed by atoms with E-state index >= 15 is 0 Å². The Morgan fingerprint density at radius 3 is 2.31 bits per heavy atom. The van der Waals surface area contributed by atoms with E-state index in [2.05, 4.69) is 21.2 Å². The Morgan fingerprint density at radius 1 is 1.12 bits per heavy atom. The van der Waals surface area contributed by atoms with Crippen molar-refractivity contribution < 1.29 is 18.3 Å². The fourth-order valence-electron chi connectivity index (χ4n) is 2.29. The van der Waals surface area contributed by atoms with Gasteiger partial charge >= 0.3 is 0 Å². The molecule has 6 nitrogen and oxygen atoms in total. The van der Waals surface area contributed by atoms with Crippen molar-refractivity contribution in [2.75, 3.05) is 19.7 Å². The zero-order chi connectivity index (χ0) is 19.2. The first-order valence-corrected chi connectivity index (χ1v) is 10.2. The van der Waals surface area contributed by atoms with Crippen molar-refractivity contribution in [3.63, 3.8) is 0 Å². The summed E-state index contributed by atoms with van der Waals surface area (Å²) in [7, 11) is -3.86. The number of halogens is 1. The minimum absolute atomic E-state index is 0.0746. The molecule has 26 heavy (non-hydrogen) atoms. The Hall–Kier alpha value is -1.74. The van der Waals surface area contributed by atoms with Gasteiger partial charge in [-0.3, -0.25) is 4.79 Å². The molecule has 0 saturated heterocycles. The molecule has 0 aliphatic carbocycles. The molecule has 0 radical (unpaired) electrons. The number of rotatable bonds is 8. The smallest absolute Gasteiger partial charge is 0.243 e. The topological polar surface area (TPSA) is 86.7 Å². The first-order chi connectivity index (χ1) is 12.3. The van der Waals surface area contributed by atoms with Gasteiger partial charge in [-0.05, 0) is 36.8 Å². The highest BCUT2D eigenvalue weighted by molar-refractivity contribution is 9.10. The molecular weight excluding hydrogens is 420 g/mol. The molecule has 0 spiro atoms. The van der Waals surface area contributed by atoms with Crippen molar-refractivity contribution in [3.05, 3.63) is 64.1 Å². The van der Waals surface area contributed by atoms with Gasteiger partial charge in [0.15, 0.2) is 0 Å². The van der Waals surface area contributed by atoms with Gasteiger partial charge in [-0.2, -0.15) is 4.31 Å². The van der Waals surface area contributed by atoms with Crippen LogP contribution in [0.5, 0.6) is 0 Å². The highest BCUT2D eigenvalue weighted by Crippen LogP contribution is 2.21. The van der Waals surface area contributed by atoms with E-state index in [1.165, 1.54) is 12.1 Å². The van der Waals surface area contributed by atoms with E-state index < -0.39 is 15.9 Å². The second kappa shape index (κ2) is 9.27. The highest BCUT2D eigenvalue weighted by Gasteiger charge is 2.26. The van der Waals surface area contributed by atoms with Crippen LogP contribution in [0.2, 0.25) is 0 Å². The number of sulfonamides is 1. The zero-order valence-electron chi connectivity index (χ0n) is 14.4. The number of aliphatic hydroxyl groups is 1. The zero-order valence-corrected chi connectivity index (χ0v) is 16.8. The van der Waals surface area contributed by atoms with Gasteiger partial charge in [0, 0.05) is 17.6 Å². The van der Waals surface area contributed by atoms with Crippen LogP contribution in [0.3, 0.4) is 0 Å². The van der Waals surface area contributed by atoms with Crippen LogP contribution in [0.15, 0.2) is 57.9 Å². The molecule has 2 rings (SSSR count). The van der Waals surface area contributed by atoms with Crippen molar-refractivity contribution in [2.45, 2.75) is 18.4 Å². The third-order valence-corrected chi connectivity index (χ3v) is 6.02. The first-order valence-electron chi connectivity index (χ1n) is 8.02. The third-order valence-electron chi connectivity index (χ3n) is 3.68. The normalized spacial score (nSPS) is 11.5. The predicted molar refractivity (Wildman–Crippen MR) is 103 cm³/mol. The summed E-state index contributed by atoms with van der Waals surface area (Å²) in [6.07, 6.45) is 0. The maximum absolute atomic E-state index is 13.0. The Bertz CT molecular complexity index is 836. The van der Waals surface area contributed by atoms with E-state index in [1.54, 1.807) is 12.1 Å². The molecule has 0 heterocycles. The van der Waals surface area contributed by atoms with E-state index in [0.29, 0.717) is 0 Å². The fourth-order valence-corrected chi connectivity index (χ4v) is 3.94. The van der Waals surface area contributed by atoms with Crippen LogP contribution in [0, 0.1) is 6.92 Å². The number of aliphatic hydroxyl groups excluding tert-OH is 1. The molecule has 0 unspecified atom stereocenters. The van der Waals surface area contributed by atoms with Gasteiger partial charge in [0.1, 0.15) is 0 Å². The first kappa shape index (κ1) is 20.6. The number of carbonyl (C=O) groups excluding carboxylic acids is 1. The molecular formula is C18H21BrN2O4S. The second-order valence-corrected chi connectivity index (χ2v) is 8.64. The van der Waals surface area contributed by atoms with Crippen molar-refractivity contribution in [2.24, 2.45) is 0 Å². The van der Waals surface area contributed by atoms with Crippen LogP contribution < -0.4 is 5.32 Å². The summed E-state index contributed by atoms with van der Waals surface area (Å²) in [6, 6.07) is 13.7. The van der Waals surface area contributed by atoms with Gasteiger partial charge < -0.3 is 10.4 Å². The minimum Gasteiger partial charge on any atom is -0.395 e. The van der Waals surface area contributed by atoms with Crippen LogP contribution in [0.25, 0.3) is 0 Å². The number of benzene rings is 2. The lowest BCUT2D eigenvalue weighted by Gasteiger charge is -2.22. The molecule has 2 N–H and O–H groups in total. The molecule has 0 atom stereocenters.